The molecular formula is C20H25ClIN5O3. The van der Waals surface area contributed by atoms with Gasteiger partial charge in [0.1, 0.15) is 6.10 Å². The zero-order valence-electron chi connectivity index (χ0n) is 17.1. The topological polar surface area (TPSA) is 109 Å². The molecule has 0 saturated heterocycles. The number of alkyl halides is 1. The van der Waals surface area contributed by atoms with Gasteiger partial charge < -0.3 is 15.4 Å². The number of nitrogens with one attached hydrogen (secondary N) is 3. The first kappa shape index (κ1) is 22.8. The minimum atomic E-state index is -0.401. The van der Waals surface area contributed by atoms with E-state index in [1.165, 1.54) is 6.20 Å². The Kier molecular flexibility index (Phi) is 6.91. The van der Waals surface area contributed by atoms with Crippen LogP contribution in [0, 0.1) is 0 Å². The largest absolute Gasteiger partial charge is 0.446 e. The van der Waals surface area contributed by atoms with Crippen LogP contribution in [0.4, 0.5) is 10.6 Å². The van der Waals surface area contributed by atoms with E-state index >= 15 is 0 Å². The number of hydrogen-bond acceptors (Lipinski definition) is 5. The highest BCUT2D eigenvalue weighted by molar-refractivity contribution is 14.1. The summed E-state index contributed by atoms with van der Waals surface area (Å²) in [5.74, 6) is 0.242. The Labute approximate surface area is 194 Å². The fraction of sp³-hybridized carbons (Fsp3) is 0.500. The van der Waals surface area contributed by atoms with Crippen molar-refractivity contribution in [2.75, 3.05) is 5.32 Å². The van der Waals surface area contributed by atoms with Crippen molar-refractivity contribution < 1.29 is 14.3 Å². The molecule has 2 heterocycles. The van der Waals surface area contributed by atoms with E-state index in [-0.39, 0.29) is 27.4 Å². The number of pyridine rings is 1. The predicted molar refractivity (Wildman–Crippen MR) is 123 cm³/mol. The molecule has 0 spiro atoms. The van der Waals surface area contributed by atoms with Crippen LogP contribution in [0.1, 0.15) is 51.4 Å². The van der Waals surface area contributed by atoms with E-state index in [1.807, 2.05) is 26.8 Å². The van der Waals surface area contributed by atoms with Crippen molar-refractivity contribution in [1.29, 1.82) is 0 Å². The number of halogens is 2. The molecule has 1 aliphatic rings. The smallest absolute Gasteiger partial charge is 0.407 e. The van der Waals surface area contributed by atoms with Crippen molar-refractivity contribution in [2.24, 2.45) is 0 Å². The summed E-state index contributed by atoms with van der Waals surface area (Å²) >= 11 is 8.18. The summed E-state index contributed by atoms with van der Waals surface area (Å²) in [6.45, 7) is 5.73. The first-order valence-electron chi connectivity index (χ1n) is 9.66. The third-order valence-corrected chi connectivity index (χ3v) is 6.41. The lowest BCUT2D eigenvalue weighted by Crippen LogP contribution is -2.42. The molecule has 0 aliphatic heterocycles. The van der Waals surface area contributed by atoms with Gasteiger partial charge in [0, 0.05) is 29.9 Å². The normalized spacial score (nSPS) is 21.3. The lowest BCUT2D eigenvalue weighted by Gasteiger charge is -2.23. The van der Waals surface area contributed by atoms with Gasteiger partial charge in [-0.05, 0) is 45.7 Å². The van der Waals surface area contributed by atoms with Gasteiger partial charge in [-0.2, -0.15) is 5.10 Å². The SMILES string of the molecule is CC(C)(C)NC(=O)O[C@@H]1CC[C@](I)(c2cc(NC(=O)Cc3ccc(Cl)cn3)n[nH]2)C1. The van der Waals surface area contributed by atoms with Crippen molar-refractivity contribution in [3.05, 3.63) is 40.8 Å². The highest BCUT2D eigenvalue weighted by Gasteiger charge is 2.41. The molecule has 0 bridgehead atoms. The predicted octanol–water partition coefficient (Wildman–Crippen LogP) is 4.35. The number of alkyl carbamates (subject to hydrolysis) is 1. The van der Waals surface area contributed by atoms with Crippen LogP contribution in [-0.2, 0) is 19.4 Å². The number of rotatable bonds is 5. The molecule has 0 radical (unpaired) electrons. The maximum atomic E-state index is 12.3. The lowest BCUT2D eigenvalue weighted by molar-refractivity contribution is -0.115. The van der Waals surface area contributed by atoms with Gasteiger partial charge in [0.2, 0.25) is 5.91 Å². The number of amides is 2. The molecule has 10 heteroatoms. The third-order valence-electron chi connectivity index (χ3n) is 4.62. The minimum absolute atomic E-state index is 0.132. The number of carbonyl (C=O) groups excluding carboxylic acids is 2. The second-order valence-electron chi connectivity index (χ2n) is 8.47. The molecule has 2 amide bonds. The zero-order valence-corrected chi connectivity index (χ0v) is 20.0. The molecule has 0 unspecified atom stereocenters. The molecule has 1 fully saturated rings. The van der Waals surface area contributed by atoms with Crippen LogP contribution in [0.2, 0.25) is 5.02 Å². The molecule has 2 aromatic heterocycles. The average Bonchev–Trinajstić information content (AvgIpc) is 3.23. The molecule has 3 rings (SSSR count). The summed E-state index contributed by atoms with van der Waals surface area (Å²) in [5, 5.41) is 13.4. The van der Waals surface area contributed by atoms with Crippen LogP contribution >= 0.6 is 34.2 Å². The second kappa shape index (κ2) is 9.09. The lowest BCUT2D eigenvalue weighted by atomic mass is 10.0. The van der Waals surface area contributed by atoms with Crippen molar-refractivity contribution in [3.8, 4) is 0 Å². The number of hydrogen-bond donors (Lipinski definition) is 3. The molecular weight excluding hydrogens is 521 g/mol. The van der Waals surface area contributed by atoms with Crippen molar-refractivity contribution >= 4 is 52.0 Å². The molecule has 0 aromatic carbocycles. The minimum Gasteiger partial charge on any atom is -0.446 e. The molecule has 1 saturated carbocycles. The highest BCUT2D eigenvalue weighted by Crippen LogP contribution is 2.47. The average molecular weight is 546 g/mol. The molecule has 2 aromatic rings. The summed E-state index contributed by atoms with van der Waals surface area (Å²) in [6, 6.07) is 5.24. The number of H-pyrrole nitrogens is 1. The fourth-order valence-corrected chi connectivity index (χ4v) is 4.46. The number of aromatic amines is 1. The van der Waals surface area contributed by atoms with Gasteiger partial charge in [-0.15, -0.1) is 0 Å². The van der Waals surface area contributed by atoms with Crippen LogP contribution in [0.3, 0.4) is 0 Å². The van der Waals surface area contributed by atoms with Crippen LogP contribution in [0.5, 0.6) is 0 Å². The highest BCUT2D eigenvalue weighted by atomic mass is 127. The molecule has 8 nitrogen and oxygen atoms in total. The van der Waals surface area contributed by atoms with Crippen molar-refractivity contribution in [1.82, 2.24) is 20.5 Å². The molecule has 2 atom stereocenters. The van der Waals surface area contributed by atoms with Crippen LogP contribution < -0.4 is 10.6 Å². The first-order valence-corrected chi connectivity index (χ1v) is 11.1. The maximum absolute atomic E-state index is 12.3. The van der Waals surface area contributed by atoms with E-state index in [9.17, 15) is 9.59 Å². The van der Waals surface area contributed by atoms with Gasteiger partial charge >= 0.3 is 6.09 Å². The molecule has 30 heavy (non-hydrogen) atoms. The summed E-state index contributed by atoms with van der Waals surface area (Å²) < 4.78 is 5.34. The van der Waals surface area contributed by atoms with E-state index in [0.717, 1.165) is 18.5 Å². The van der Waals surface area contributed by atoms with Crippen molar-refractivity contribution in [2.45, 2.75) is 61.5 Å². The van der Waals surface area contributed by atoms with E-state index in [2.05, 4.69) is 48.4 Å². The van der Waals surface area contributed by atoms with Crippen LogP contribution in [-0.4, -0.2) is 38.8 Å². The molecule has 1 aliphatic carbocycles. The van der Waals surface area contributed by atoms with Gasteiger partial charge in [0.25, 0.3) is 0 Å². The monoisotopic (exact) mass is 545 g/mol. The summed E-state index contributed by atoms with van der Waals surface area (Å²) in [4.78, 5) is 28.4. The summed E-state index contributed by atoms with van der Waals surface area (Å²) in [7, 11) is 0. The summed E-state index contributed by atoms with van der Waals surface area (Å²) in [6.07, 6.45) is 3.36. The Morgan fingerprint density at radius 3 is 2.83 bits per heavy atom. The molecule has 3 N–H and O–H groups in total. The van der Waals surface area contributed by atoms with Gasteiger partial charge in [0.05, 0.1) is 20.6 Å². The quantitative estimate of drug-likeness (QED) is 0.382. The van der Waals surface area contributed by atoms with Crippen LogP contribution in [0.25, 0.3) is 0 Å². The number of nitrogens with zero attached hydrogens (tertiary/aromatic N) is 2. The Bertz CT molecular complexity index is 912. The van der Waals surface area contributed by atoms with Crippen molar-refractivity contribution in [3.63, 3.8) is 0 Å². The standard InChI is InChI=1S/C20H25ClIN5O3/c1-19(2,3)25-18(29)30-14-6-7-20(22,10-14)15-9-16(27-26-15)24-17(28)8-13-5-4-12(21)11-23-13/h4-5,9,11,14H,6-8,10H2,1-3H3,(H,25,29)(H2,24,26,27,28)/t14-,20-/m1/s1. The van der Waals surface area contributed by atoms with E-state index in [4.69, 9.17) is 16.3 Å². The van der Waals surface area contributed by atoms with Gasteiger partial charge in [0.15, 0.2) is 5.82 Å². The molecule has 162 valence electrons. The number of carbonyl (C=O) groups is 2. The van der Waals surface area contributed by atoms with E-state index in [0.29, 0.717) is 23.0 Å². The third kappa shape index (κ3) is 6.31. The Morgan fingerprint density at radius 1 is 1.40 bits per heavy atom. The van der Waals surface area contributed by atoms with E-state index in [1.54, 1.807) is 12.1 Å². The number of ether oxygens (including phenoxy) is 1. The first-order chi connectivity index (χ1) is 14.0. The van der Waals surface area contributed by atoms with Crippen LogP contribution in [0.15, 0.2) is 24.4 Å². The Balaban J connectivity index is 1.55. The zero-order chi connectivity index (χ0) is 21.9. The van der Waals surface area contributed by atoms with Gasteiger partial charge in [-0.25, -0.2) is 4.79 Å². The summed E-state index contributed by atoms with van der Waals surface area (Å²) in [5.41, 5.74) is 1.18. The van der Waals surface area contributed by atoms with Gasteiger partial charge in [-0.3, -0.25) is 14.9 Å². The number of aromatic nitrogens is 3. The maximum Gasteiger partial charge on any atom is 0.407 e. The Morgan fingerprint density at radius 2 is 2.17 bits per heavy atom. The number of anilines is 1. The fourth-order valence-electron chi connectivity index (χ4n) is 3.26. The second-order valence-corrected chi connectivity index (χ2v) is 11.0. The van der Waals surface area contributed by atoms with Gasteiger partial charge in [-0.1, -0.05) is 34.2 Å². The Hall–Kier alpha value is -1.88. The van der Waals surface area contributed by atoms with E-state index < -0.39 is 6.09 Å².